The third-order valence-electron chi connectivity index (χ3n) is 8.45. The van der Waals surface area contributed by atoms with E-state index in [1.165, 1.54) is 18.2 Å². The van der Waals surface area contributed by atoms with E-state index in [0.29, 0.717) is 40.1 Å². The molecule has 2 aliphatic carbocycles. The number of aliphatic carboxylic acids is 1. The molecule has 0 atom stereocenters. The summed E-state index contributed by atoms with van der Waals surface area (Å²) in [5, 5.41) is 21.2. The molecule has 0 saturated carbocycles. The van der Waals surface area contributed by atoms with Crippen molar-refractivity contribution in [1.29, 1.82) is 0 Å². The Balaban J connectivity index is 1.70. The summed E-state index contributed by atoms with van der Waals surface area (Å²) in [4.78, 5) is 52.4. The van der Waals surface area contributed by atoms with Gasteiger partial charge >= 0.3 is 5.97 Å². The van der Waals surface area contributed by atoms with Crippen LogP contribution in [0.3, 0.4) is 0 Å². The maximum absolute atomic E-state index is 14.1. The van der Waals surface area contributed by atoms with E-state index in [4.69, 9.17) is 27.9 Å². The largest absolute Gasteiger partial charge is 0.487 e. The fourth-order valence-corrected chi connectivity index (χ4v) is 7.22. The second kappa shape index (κ2) is 11.7. The summed E-state index contributed by atoms with van der Waals surface area (Å²) >= 11 is 13.3. The average Bonchev–Trinajstić information content (AvgIpc) is 2.89. The molecule has 9 nitrogen and oxygen atoms in total. The van der Waals surface area contributed by atoms with E-state index in [9.17, 15) is 29.6 Å². The summed E-state index contributed by atoms with van der Waals surface area (Å²) in [7, 11) is 0. The van der Waals surface area contributed by atoms with Gasteiger partial charge in [-0.2, -0.15) is 0 Å². The van der Waals surface area contributed by atoms with Crippen LogP contribution in [-0.4, -0.2) is 39.0 Å². The molecule has 0 aromatic heterocycles. The second-order valence-electron chi connectivity index (χ2n) is 13.3. The van der Waals surface area contributed by atoms with Crippen LogP contribution in [0.4, 0.5) is 5.69 Å². The lowest BCUT2D eigenvalue weighted by molar-refractivity contribution is -0.384. The molecule has 2 aromatic rings. The van der Waals surface area contributed by atoms with Crippen molar-refractivity contribution in [3.8, 4) is 5.75 Å². The highest BCUT2D eigenvalue weighted by Gasteiger charge is 2.49. The molecule has 3 aliphatic rings. The number of ether oxygens (including phenoxy) is 1. The Morgan fingerprint density at radius 3 is 2.02 bits per heavy atom. The summed E-state index contributed by atoms with van der Waals surface area (Å²) in [6.07, 6.45) is 1.38. The molecule has 5 rings (SSSR count). The van der Waals surface area contributed by atoms with Crippen molar-refractivity contribution in [2.24, 2.45) is 10.8 Å². The zero-order valence-corrected chi connectivity index (χ0v) is 26.6. The van der Waals surface area contributed by atoms with E-state index in [2.05, 4.69) is 0 Å². The molecule has 0 amide bonds. The van der Waals surface area contributed by atoms with Gasteiger partial charge < -0.3 is 14.7 Å². The number of carboxylic acid groups (broad SMARTS) is 1. The third-order valence-corrected chi connectivity index (χ3v) is 8.95. The van der Waals surface area contributed by atoms with E-state index in [0.717, 1.165) is 11.4 Å². The van der Waals surface area contributed by atoms with Crippen LogP contribution in [-0.2, 0) is 21.0 Å². The number of nitrogens with zero attached hydrogens (tertiary/aromatic N) is 2. The fourth-order valence-electron chi connectivity index (χ4n) is 6.65. The summed E-state index contributed by atoms with van der Waals surface area (Å²) in [6, 6.07) is 9.14. The topological polar surface area (TPSA) is 127 Å². The van der Waals surface area contributed by atoms with Crippen molar-refractivity contribution >= 4 is 46.4 Å². The Bertz CT molecular complexity index is 1590. The number of non-ortho nitro benzene ring substituents is 1. The van der Waals surface area contributed by atoms with Gasteiger partial charge in [-0.1, -0.05) is 50.9 Å². The first-order chi connectivity index (χ1) is 20.6. The van der Waals surface area contributed by atoms with E-state index in [-0.39, 0.29) is 71.3 Å². The van der Waals surface area contributed by atoms with Crippen LogP contribution in [0.5, 0.6) is 5.75 Å². The maximum atomic E-state index is 14.1. The molecule has 1 N–H and O–H groups in total. The zero-order valence-electron chi connectivity index (χ0n) is 25.0. The lowest BCUT2D eigenvalue weighted by atomic mass is 9.63. The number of benzene rings is 2. The molecule has 0 fully saturated rings. The van der Waals surface area contributed by atoms with Crippen LogP contribution in [0.25, 0.3) is 0 Å². The van der Waals surface area contributed by atoms with E-state index in [1.807, 2.05) is 32.6 Å². The number of ketones is 2. The SMILES string of the molecule is CC1(C)CC(=O)C2=C(C1)N(CCC(=O)O)C1=C(C(=O)CC(C)(C)C1)C2c1cc(Cl)cc(Cl)c1OCc1ccc([N+](=O)[O-])cc1. The summed E-state index contributed by atoms with van der Waals surface area (Å²) in [5.74, 6) is -1.77. The Morgan fingerprint density at radius 2 is 1.52 bits per heavy atom. The molecule has 0 spiro atoms. The minimum atomic E-state index is -0.970. The van der Waals surface area contributed by atoms with Gasteiger partial charge in [0.2, 0.25) is 0 Å². The molecule has 0 unspecified atom stereocenters. The van der Waals surface area contributed by atoms with Crippen molar-refractivity contribution in [2.75, 3.05) is 6.54 Å². The van der Waals surface area contributed by atoms with Crippen LogP contribution in [0.15, 0.2) is 58.9 Å². The molecule has 11 heteroatoms. The number of carbonyl (C=O) groups excluding carboxylic acids is 2. The van der Waals surface area contributed by atoms with Crippen LogP contribution in [0, 0.1) is 20.9 Å². The number of carbonyl (C=O) groups is 3. The lowest BCUT2D eigenvalue weighted by Gasteiger charge is -2.49. The highest BCUT2D eigenvalue weighted by atomic mass is 35.5. The fraction of sp³-hybridized carbons (Fsp3) is 0.424. The van der Waals surface area contributed by atoms with Crippen molar-refractivity contribution in [1.82, 2.24) is 4.90 Å². The van der Waals surface area contributed by atoms with Gasteiger partial charge in [0.1, 0.15) is 12.4 Å². The Morgan fingerprint density at radius 1 is 0.977 bits per heavy atom. The van der Waals surface area contributed by atoms with Crippen LogP contribution >= 0.6 is 23.2 Å². The summed E-state index contributed by atoms with van der Waals surface area (Å²) in [5.41, 5.74) is 2.65. The Kier molecular flexibility index (Phi) is 8.42. The van der Waals surface area contributed by atoms with Crippen molar-refractivity contribution < 1.29 is 29.2 Å². The number of nitro benzene ring substituents is 1. The van der Waals surface area contributed by atoms with Gasteiger partial charge in [-0.05, 0) is 53.5 Å². The van der Waals surface area contributed by atoms with E-state index in [1.54, 1.807) is 18.2 Å². The predicted octanol–water partition coefficient (Wildman–Crippen LogP) is 7.64. The number of rotatable bonds is 8. The molecule has 0 bridgehead atoms. The van der Waals surface area contributed by atoms with Gasteiger partial charge in [0, 0.05) is 70.6 Å². The number of allylic oxidation sites excluding steroid dienone is 4. The normalized spacial score (nSPS) is 19.5. The number of hydrogen-bond acceptors (Lipinski definition) is 7. The van der Waals surface area contributed by atoms with Gasteiger partial charge in [0.05, 0.1) is 16.4 Å². The van der Waals surface area contributed by atoms with E-state index < -0.39 is 16.8 Å². The standard InChI is InChI=1S/C33H34Cl2N2O7/c1-32(2)13-23-29(25(38)15-32)28(30-24(36(23)10-9-27(40)41)14-33(3,4)16-26(30)39)21-11-19(34)12-22(35)31(21)44-17-18-5-7-20(8-6-18)37(42)43/h5-8,11-12,28H,9-10,13-17H2,1-4H3,(H,40,41). The molecule has 1 heterocycles. The highest BCUT2D eigenvalue weighted by molar-refractivity contribution is 6.35. The van der Waals surface area contributed by atoms with Crippen molar-refractivity contribution in [3.63, 3.8) is 0 Å². The third kappa shape index (κ3) is 6.26. The Labute approximate surface area is 265 Å². The van der Waals surface area contributed by atoms with Crippen LogP contribution in [0.2, 0.25) is 10.0 Å². The molecule has 2 aromatic carbocycles. The van der Waals surface area contributed by atoms with Crippen molar-refractivity contribution in [3.05, 3.63) is 90.2 Å². The first-order valence-electron chi connectivity index (χ1n) is 14.4. The number of hydrogen-bond donors (Lipinski definition) is 1. The number of carboxylic acids is 1. The second-order valence-corrected chi connectivity index (χ2v) is 14.2. The van der Waals surface area contributed by atoms with Gasteiger partial charge in [-0.3, -0.25) is 24.5 Å². The molecule has 0 saturated heterocycles. The number of nitro groups is 1. The summed E-state index contributed by atoms with van der Waals surface area (Å²) < 4.78 is 6.26. The molecule has 232 valence electrons. The monoisotopic (exact) mass is 640 g/mol. The minimum Gasteiger partial charge on any atom is -0.487 e. The Hall–Kier alpha value is -3.69. The highest BCUT2D eigenvalue weighted by Crippen LogP contribution is 2.56. The molecular formula is C33H34Cl2N2O7. The van der Waals surface area contributed by atoms with Gasteiger partial charge in [-0.25, -0.2) is 0 Å². The molecular weight excluding hydrogens is 607 g/mol. The average molecular weight is 642 g/mol. The maximum Gasteiger partial charge on any atom is 0.305 e. The quantitative estimate of drug-likeness (QED) is 0.230. The zero-order chi connectivity index (χ0) is 32.1. The molecule has 1 aliphatic heterocycles. The molecule has 44 heavy (non-hydrogen) atoms. The van der Waals surface area contributed by atoms with Crippen LogP contribution < -0.4 is 4.74 Å². The number of Topliss-reactive ketones (excluding diaryl/α,β-unsaturated/α-hetero) is 2. The number of halogens is 2. The van der Waals surface area contributed by atoms with Crippen molar-refractivity contribution in [2.45, 2.75) is 72.3 Å². The minimum absolute atomic E-state index is 0.0174. The predicted molar refractivity (Wildman–Crippen MR) is 166 cm³/mol. The van der Waals surface area contributed by atoms with E-state index >= 15 is 0 Å². The summed E-state index contributed by atoms with van der Waals surface area (Å²) in [6.45, 7) is 8.18. The van der Waals surface area contributed by atoms with Gasteiger partial charge in [-0.15, -0.1) is 0 Å². The molecule has 0 radical (unpaired) electrons. The van der Waals surface area contributed by atoms with Crippen LogP contribution in [0.1, 0.15) is 76.8 Å². The smallest absolute Gasteiger partial charge is 0.305 e. The van der Waals surface area contributed by atoms with Gasteiger partial charge in [0.15, 0.2) is 11.6 Å². The lowest BCUT2D eigenvalue weighted by Crippen LogP contribution is -2.45. The van der Waals surface area contributed by atoms with Gasteiger partial charge in [0.25, 0.3) is 5.69 Å². The first-order valence-corrected chi connectivity index (χ1v) is 15.2. The first kappa shape index (κ1) is 31.7.